The first-order valence-electron chi connectivity index (χ1n) is 6.43. The Hall–Kier alpha value is -0.136. The summed E-state index contributed by atoms with van der Waals surface area (Å²) in [5.74, 6) is 0. The van der Waals surface area contributed by atoms with Crippen LogP contribution in [0.1, 0.15) is 19.0 Å². The van der Waals surface area contributed by atoms with E-state index in [1.807, 2.05) is 0 Å². The molecule has 1 heterocycles. The first kappa shape index (κ1) is 14.9. The molecule has 0 saturated heterocycles. The number of aromatic nitrogens is 2. The molecular formula is C12H26N2SSi2. The Morgan fingerprint density at radius 3 is 1.94 bits per heavy atom. The predicted octanol–water partition coefficient (Wildman–Crippen LogP) is 4.34. The molecule has 0 radical (unpaired) electrons. The summed E-state index contributed by atoms with van der Waals surface area (Å²) < 4.78 is 5.93. The van der Waals surface area contributed by atoms with Crippen LogP contribution < -0.4 is 0 Å². The fourth-order valence-corrected chi connectivity index (χ4v) is 6.96. The second-order valence-electron chi connectivity index (χ2n) is 6.70. The molecule has 5 heteroatoms. The van der Waals surface area contributed by atoms with Crippen molar-refractivity contribution in [1.82, 2.24) is 8.47 Å². The lowest BCUT2D eigenvalue weighted by atomic mass is 10.3. The molecule has 0 bridgehead atoms. The minimum Gasteiger partial charge on any atom is -0.352 e. The van der Waals surface area contributed by atoms with E-state index in [9.17, 15) is 0 Å². The average Bonchev–Trinajstić information content (AvgIpc) is 2.41. The smallest absolute Gasteiger partial charge is 0.163 e. The van der Waals surface area contributed by atoms with E-state index in [0.717, 1.165) is 11.2 Å². The van der Waals surface area contributed by atoms with E-state index in [0.29, 0.717) is 0 Å². The van der Waals surface area contributed by atoms with Gasteiger partial charge in [0, 0.05) is 11.9 Å². The van der Waals surface area contributed by atoms with Crippen LogP contribution in [-0.2, 0) is 6.42 Å². The zero-order chi connectivity index (χ0) is 13.4. The molecule has 2 nitrogen and oxygen atoms in total. The Balaban J connectivity index is 3.47. The lowest BCUT2D eigenvalue weighted by molar-refractivity contribution is 0.857. The van der Waals surface area contributed by atoms with Gasteiger partial charge in [-0.1, -0.05) is 52.6 Å². The zero-order valence-corrected chi connectivity index (χ0v) is 15.1. The molecule has 0 atom stereocenters. The van der Waals surface area contributed by atoms with Gasteiger partial charge in [-0.15, -0.1) is 0 Å². The highest BCUT2D eigenvalue weighted by molar-refractivity contribution is 7.71. The van der Waals surface area contributed by atoms with Gasteiger partial charge in [0.05, 0.1) is 0 Å². The van der Waals surface area contributed by atoms with E-state index in [2.05, 4.69) is 60.9 Å². The third-order valence-electron chi connectivity index (χ3n) is 2.86. The standard InChI is InChI=1S/C12H26N2SSi2/c1-8-9-11-10-13(16(2,3)4)12(15)14(11)17(5,6)7/h10H,8-9H2,1-7H3. The maximum Gasteiger partial charge on any atom is 0.163 e. The molecule has 0 spiro atoms. The van der Waals surface area contributed by atoms with Crippen LogP contribution in [-0.4, -0.2) is 24.9 Å². The zero-order valence-electron chi connectivity index (χ0n) is 12.3. The highest BCUT2D eigenvalue weighted by Gasteiger charge is 2.26. The van der Waals surface area contributed by atoms with Gasteiger partial charge in [0.2, 0.25) is 0 Å². The van der Waals surface area contributed by atoms with Gasteiger partial charge in [-0.25, -0.2) is 0 Å². The van der Waals surface area contributed by atoms with E-state index in [-0.39, 0.29) is 0 Å². The minimum absolute atomic E-state index is 1.06. The van der Waals surface area contributed by atoms with Crippen molar-refractivity contribution < 1.29 is 0 Å². The van der Waals surface area contributed by atoms with Gasteiger partial charge in [0.15, 0.2) is 21.2 Å². The number of aryl methyl sites for hydroxylation is 1. The monoisotopic (exact) mass is 286 g/mol. The molecule has 0 fully saturated rings. The maximum absolute atomic E-state index is 5.72. The third kappa shape index (κ3) is 3.20. The molecule has 0 unspecified atom stereocenters. The SMILES string of the molecule is CCCc1cn([Si](C)(C)C)c(=S)n1[Si](C)(C)C. The molecule has 98 valence electrons. The summed E-state index contributed by atoms with van der Waals surface area (Å²) in [5, 5.41) is 0. The van der Waals surface area contributed by atoms with Gasteiger partial charge < -0.3 is 8.47 Å². The molecule has 0 aromatic carbocycles. The van der Waals surface area contributed by atoms with E-state index in [1.54, 1.807) is 0 Å². The van der Waals surface area contributed by atoms with E-state index >= 15 is 0 Å². The van der Waals surface area contributed by atoms with Gasteiger partial charge in [0.25, 0.3) is 0 Å². The Morgan fingerprint density at radius 1 is 1.06 bits per heavy atom. The van der Waals surface area contributed by atoms with Crippen LogP contribution in [0.2, 0.25) is 39.3 Å². The summed E-state index contributed by atoms with van der Waals surface area (Å²) in [5.41, 5.74) is 1.44. The summed E-state index contributed by atoms with van der Waals surface area (Å²) >= 11 is 5.72. The summed E-state index contributed by atoms with van der Waals surface area (Å²) in [6.07, 6.45) is 4.66. The fourth-order valence-electron chi connectivity index (χ4n) is 2.12. The van der Waals surface area contributed by atoms with Crippen molar-refractivity contribution >= 4 is 28.7 Å². The van der Waals surface area contributed by atoms with Crippen molar-refractivity contribution in [1.29, 1.82) is 0 Å². The predicted molar refractivity (Wildman–Crippen MR) is 84.7 cm³/mol. The largest absolute Gasteiger partial charge is 0.352 e. The maximum atomic E-state index is 5.72. The normalized spacial score (nSPS) is 13.1. The molecule has 1 aromatic rings. The number of nitrogens with zero attached hydrogens (tertiary/aromatic N) is 2. The molecule has 0 aliphatic carbocycles. The molecule has 0 aliphatic rings. The lowest BCUT2D eigenvalue weighted by Gasteiger charge is -2.23. The van der Waals surface area contributed by atoms with Crippen molar-refractivity contribution in [2.75, 3.05) is 0 Å². The number of hydrogen-bond acceptors (Lipinski definition) is 1. The summed E-state index contributed by atoms with van der Waals surface area (Å²) in [6.45, 7) is 16.4. The Morgan fingerprint density at radius 2 is 1.59 bits per heavy atom. The Kier molecular flexibility index (Phi) is 4.26. The summed E-state index contributed by atoms with van der Waals surface area (Å²) in [6, 6.07) is 0. The highest BCUT2D eigenvalue weighted by atomic mass is 32.1. The molecule has 0 amide bonds. The van der Waals surface area contributed by atoms with Crippen LogP contribution >= 0.6 is 12.2 Å². The van der Waals surface area contributed by atoms with Crippen molar-refractivity contribution in [3.05, 3.63) is 16.7 Å². The van der Waals surface area contributed by atoms with Crippen molar-refractivity contribution in [3.8, 4) is 0 Å². The van der Waals surface area contributed by atoms with Crippen molar-refractivity contribution in [3.63, 3.8) is 0 Å². The van der Waals surface area contributed by atoms with Crippen LogP contribution in [0.15, 0.2) is 6.20 Å². The van der Waals surface area contributed by atoms with Crippen LogP contribution in [0.25, 0.3) is 0 Å². The van der Waals surface area contributed by atoms with Crippen LogP contribution in [0.5, 0.6) is 0 Å². The quantitative estimate of drug-likeness (QED) is 0.591. The number of hydrogen-bond donors (Lipinski definition) is 0. The lowest BCUT2D eigenvalue weighted by Crippen LogP contribution is -2.36. The molecular weight excluding hydrogens is 260 g/mol. The fraction of sp³-hybridized carbons (Fsp3) is 0.750. The second kappa shape index (κ2) is 4.86. The number of rotatable bonds is 4. The molecule has 0 N–H and O–H groups in total. The third-order valence-corrected chi connectivity index (χ3v) is 7.19. The van der Waals surface area contributed by atoms with Crippen LogP contribution in [0, 0.1) is 4.77 Å². The van der Waals surface area contributed by atoms with E-state index in [1.165, 1.54) is 12.1 Å². The Labute approximate surface area is 113 Å². The average molecular weight is 287 g/mol. The molecule has 0 saturated carbocycles. The first-order chi connectivity index (χ1) is 7.59. The summed E-state index contributed by atoms with van der Waals surface area (Å²) in [7, 11) is -2.79. The molecule has 0 aliphatic heterocycles. The van der Waals surface area contributed by atoms with E-state index in [4.69, 9.17) is 12.2 Å². The van der Waals surface area contributed by atoms with Gasteiger partial charge in [-0.2, -0.15) is 0 Å². The minimum atomic E-state index is -1.40. The van der Waals surface area contributed by atoms with Crippen molar-refractivity contribution in [2.24, 2.45) is 0 Å². The van der Waals surface area contributed by atoms with Gasteiger partial charge >= 0.3 is 0 Å². The number of imidazole rings is 1. The van der Waals surface area contributed by atoms with Gasteiger partial charge in [0.1, 0.15) is 0 Å². The van der Waals surface area contributed by atoms with Crippen molar-refractivity contribution in [2.45, 2.75) is 59.0 Å². The summed E-state index contributed by atoms with van der Waals surface area (Å²) in [4.78, 5) is 0. The topological polar surface area (TPSA) is 9.86 Å². The highest BCUT2D eigenvalue weighted by Crippen LogP contribution is 2.19. The molecule has 1 aromatic heterocycles. The van der Waals surface area contributed by atoms with Gasteiger partial charge in [-0.05, 0) is 18.6 Å². The Bertz CT molecular complexity index is 447. The molecule has 1 rings (SSSR count). The van der Waals surface area contributed by atoms with Crippen LogP contribution in [0.4, 0.5) is 0 Å². The van der Waals surface area contributed by atoms with E-state index < -0.39 is 16.5 Å². The first-order valence-corrected chi connectivity index (χ1v) is 13.7. The second-order valence-corrected chi connectivity index (χ2v) is 16.7. The van der Waals surface area contributed by atoms with Crippen LogP contribution in [0.3, 0.4) is 0 Å². The van der Waals surface area contributed by atoms with Gasteiger partial charge in [-0.3, -0.25) is 0 Å². The molecule has 17 heavy (non-hydrogen) atoms.